The highest BCUT2D eigenvalue weighted by molar-refractivity contribution is 5.80. The zero-order chi connectivity index (χ0) is 12.8. The van der Waals surface area contributed by atoms with E-state index in [1.54, 1.807) is 21.0 Å². The Kier molecular flexibility index (Phi) is 4.97. The molecule has 0 saturated heterocycles. The Morgan fingerprint density at radius 2 is 1.94 bits per heavy atom. The van der Waals surface area contributed by atoms with Crippen molar-refractivity contribution in [2.45, 2.75) is 19.6 Å². The van der Waals surface area contributed by atoms with Gasteiger partial charge in [-0.3, -0.25) is 4.79 Å². The maximum absolute atomic E-state index is 11.6. The van der Waals surface area contributed by atoms with E-state index in [2.05, 4.69) is 5.32 Å². The van der Waals surface area contributed by atoms with Gasteiger partial charge in [-0.2, -0.15) is 0 Å². The number of likely N-dealkylation sites (N-methyl/N-ethyl adjacent to an activating group) is 1. The van der Waals surface area contributed by atoms with Crippen molar-refractivity contribution in [3.8, 4) is 5.75 Å². The predicted octanol–water partition coefficient (Wildman–Crippen LogP) is 1.26. The molecule has 0 aliphatic rings. The Bertz CT molecular complexity index is 360. The van der Waals surface area contributed by atoms with E-state index in [-0.39, 0.29) is 5.91 Å². The first-order valence-electron chi connectivity index (χ1n) is 5.66. The van der Waals surface area contributed by atoms with E-state index in [0.29, 0.717) is 5.75 Å². The monoisotopic (exact) mass is 236 g/mol. The van der Waals surface area contributed by atoms with Crippen molar-refractivity contribution in [1.82, 2.24) is 10.2 Å². The number of nitrogens with one attached hydrogen (secondary N) is 1. The van der Waals surface area contributed by atoms with Crippen LogP contribution in [0.3, 0.4) is 0 Å². The Morgan fingerprint density at radius 1 is 1.35 bits per heavy atom. The van der Waals surface area contributed by atoms with Crippen molar-refractivity contribution in [2.75, 3.05) is 21.1 Å². The Hall–Kier alpha value is -1.55. The number of ether oxygens (including phenoxy) is 1. The van der Waals surface area contributed by atoms with E-state index in [1.807, 2.05) is 31.3 Å². The van der Waals surface area contributed by atoms with Gasteiger partial charge in [-0.1, -0.05) is 12.1 Å². The van der Waals surface area contributed by atoms with Crippen molar-refractivity contribution in [3.05, 3.63) is 29.8 Å². The zero-order valence-electron chi connectivity index (χ0n) is 10.9. The van der Waals surface area contributed by atoms with E-state index in [4.69, 9.17) is 4.74 Å². The van der Waals surface area contributed by atoms with E-state index in [9.17, 15) is 4.79 Å². The first-order valence-corrected chi connectivity index (χ1v) is 5.66. The normalized spacial score (nSPS) is 12.0. The molecule has 1 aromatic carbocycles. The maximum atomic E-state index is 11.6. The minimum Gasteiger partial charge on any atom is -0.481 e. The van der Waals surface area contributed by atoms with E-state index >= 15 is 0 Å². The van der Waals surface area contributed by atoms with Gasteiger partial charge in [0.15, 0.2) is 6.10 Å². The van der Waals surface area contributed by atoms with Crippen LogP contribution in [0.4, 0.5) is 0 Å². The lowest BCUT2D eigenvalue weighted by Crippen LogP contribution is -2.35. The van der Waals surface area contributed by atoms with E-state index in [1.165, 1.54) is 10.5 Å². The second kappa shape index (κ2) is 6.25. The van der Waals surface area contributed by atoms with Crippen molar-refractivity contribution in [1.29, 1.82) is 0 Å². The number of nitrogens with zero attached hydrogens (tertiary/aromatic N) is 1. The van der Waals surface area contributed by atoms with Gasteiger partial charge >= 0.3 is 0 Å². The summed E-state index contributed by atoms with van der Waals surface area (Å²) in [4.78, 5) is 13.1. The quantitative estimate of drug-likeness (QED) is 0.837. The third-order valence-electron chi connectivity index (χ3n) is 2.41. The van der Waals surface area contributed by atoms with Crippen LogP contribution in [-0.4, -0.2) is 38.1 Å². The van der Waals surface area contributed by atoms with Gasteiger partial charge in [0.05, 0.1) is 0 Å². The van der Waals surface area contributed by atoms with Crippen LogP contribution in [0, 0.1) is 0 Å². The predicted molar refractivity (Wildman–Crippen MR) is 68.0 cm³/mol. The van der Waals surface area contributed by atoms with Crippen LogP contribution in [0.1, 0.15) is 12.5 Å². The average Bonchev–Trinajstić information content (AvgIpc) is 2.30. The SMILES string of the molecule is CNCc1ccc(OC(C)C(=O)N(C)C)cc1. The molecule has 1 unspecified atom stereocenters. The molecule has 0 aliphatic carbocycles. The number of carbonyl (C=O) groups excluding carboxylic acids is 1. The molecule has 0 aromatic heterocycles. The molecule has 0 spiro atoms. The van der Waals surface area contributed by atoms with E-state index < -0.39 is 6.10 Å². The molecule has 0 radical (unpaired) electrons. The lowest BCUT2D eigenvalue weighted by molar-refractivity contribution is -0.135. The van der Waals surface area contributed by atoms with Crippen LogP contribution in [0.2, 0.25) is 0 Å². The van der Waals surface area contributed by atoms with Gasteiger partial charge < -0.3 is 15.0 Å². The molecule has 17 heavy (non-hydrogen) atoms. The molecule has 0 heterocycles. The lowest BCUT2D eigenvalue weighted by Gasteiger charge is -2.18. The molecular weight excluding hydrogens is 216 g/mol. The first kappa shape index (κ1) is 13.5. The molecule has 94 valence electrons. The van der Waals surface area contributed by atoms with Crippen LogP contribution in [-0.2, 0) is 11.3 Å². The van der Waals surface area contributed by atoms with Crippen molar-refractivity contribution < 1.29 is 9.53 Å². The fraction of sp³-hybridized carbons (Fsp3) is 0.462. The van der Waals surface area contributed by atoms with E-state index in [0.717, 1.165) is 6.54 Å². The van der Waals surface area contributed by atoms with Crippen LogP contribution in [0.25, 0.3) is 0 Å². The summed E-state index contributed by atoms with van der Waals surface area (Å²) >= 11 is 0. The molecule has 1 N–H and O–H groups in total. The van der Waals surface area contributed by atoms with Gasteiger partial charge in [-0.15, -0.1) is 0 Å². The third kappa shape index (κ3) is 4.07. The largest absolute Gasteiger partial charge is 0.481 e. The maximum Gasteiger partial charge on any atom is 0.262 e. The number of benzene rings is 1. The number of carbonyl (C=O) groups is 1. The summed E-state index contributed by atoms with van der Waals surface area (Å²) in [6.45, 7) is 2.58. The standard InChI is InChI=1S/C13H20N2O2/c1-10(13(16)15(3)4)17-12-7-5-11(6-8-12)9-14-2/h5-8,10,14H,9H2,1-4H3. The lowest BCUT2D eigenvalue weighted by atomic mass is 10.2. The third-order valence-corrected chi connectivity index (χ3v) is 2.41. The summed E-state index contributed by atoms with van der Waals surface area (Å²) in [5, 5.41) is 3.08. The molecule has 4 nitrogen and oxygen atoms in total. The minimum absolute atomic E-state index is 0.0377. The molecule has 0 aliphatic heterocycles. The Morgan fingerprint density at radius 3 is 2.41 bits per heavy atom. The smallest absolute Gasteiger partial charge is 0.262 e. The average molecular weight is 236 g/mol. The zero-order valence-corrected chi connectivity index (χ0v) is 10.9. The van der Waals surface area contributed by atoms with Crippen LogP contribution in [0.5, 0.6) is 5.75 Å². The molecule has 1 rings (SSSR count). The first-order chi connectivity index (χ1) is 8.04. The van der Waals surface area contributed by atoms with Crippen LogP contribution < -0.4 is 10.1 Å². The molecule has 1 amide bonds. The second-order valence-electron chi connectivity index (χ2n) is 4.17. The van der Waals surface area contributed by atoms with Crippen molar-refractivity contribution >= 4 is 5.91 Å². The highest BCUT2D eigenvalue weighted by Gasteiger charge is 2.16. The second-order valence-corrected chi connectivity index (χ2v) is 4.17. The van der Waals surface area contributed by atoms with Gasteiger partial charge in [0, 0.05) is 20.6 Å². The summed E-state index contributed by atoms with van der Waals surface area (Å²) in [5.74, 6) is 0.678. The molecule has 0 bridgehead atoms. The van der Waals surface area contributed by atoms with Crippen LogP contribution in [0.15, 0.2) is 24.3 Å². The number of rotatable bonds is 5. The number of hydrogen-bond acceptors (Lipinski definition) is 3. The summed E-state index contributed by atoms with van der Waals surface area (Å²) in [6.07, 6.45) is -0.458. The topological polar surface area (TPSA) is 41.6 Å². The van der Waals surface area contributed by atoms with Gasteiger partial charge in [-0.05, 0) is 31.7 Å². The summed E-state index contributed by atoms with van der Waals surface area (Å²) in [6, 6.07) is 7.73. The van der Waals surface area contributed by atoms with Gasteiger partial charge in [0.1, 0.15) is 5.75 Å². The number of amides is 1. The summed E-state index contributed by atoms with van der Waals surface area (Å²) < 4.78 is 5.56. The molecular formula is C13H20N2O2. The fourth-order valence-corrected chi connectivity index (χ4v) is 1.51. The Balaban J connectivity index is 2.60. The number of hydrogen-bond donors (Lipinski definition) is 1. The van der Waals surface area contributed by atoms with Gasteiger partial charge in [-0.25, -0.2) is 0 Å². The molecule has 0 fully saturated rings. The molecule has 1 atom stereocenters. The summed E-state index contributed by atoms with van der Waals surface area (Å²) in [7, 11) is 5.35. The van der Waals surface area contributed by atoms with Crippen LogP contribution >= 0.6 is 0 Å². The summed E-state index contributed by atoms with van der Waals surface area (Å²) in [5.41, 5.74) is 1.19. The van der Waals surface area contributed by atoms with Crippen molar-refractivity contribution in [3.63, 3.8) is 0 Å². The Labute approximate surface area is 103 Å². The highest BCUT2D eigenvalue weighted by atomic mass is 16.5. The van der Waals surface area contributed by atoms with Gasteiger partial charge in [0.2, 0.25) is 0 Å². The van der Waals surface area contributed by atoms with Crippen molar-refractivity contribution in [2.24, 2.45) is 0 Å². The molecule has 4 heteroatoms. The van der Waals surface area contributed by atoms with Gasteiger partial charge in [0.25, 0.3) is 5.91 Å². The molecule has 0 saturated carbocycles. The molecule has 1 aromatic rings. The highest BCUT2D eigenvalue weighted by Crippen LogP contribution is 2.14. The fourth-order valence-electron chi connectivity index (χ4n) is 1.51. The minimum atomic E-state index is -0.458.